The van der Waals surface area contributed by atoms with Crippen molar-refractivity contribution in [3.8, 4) is 11.5 Å². The Labute approximate surface area is 134 Å². The summed E-state index contributed by atoms with van der Waals surface area (Å²) in [6.45, 7) is -0.274. The minimum absolute atomic E-state index is 0.0221. The molecule has 0 aliphatic rings. The van der Waals surface area contributed by atoms with Crippen LogP contribution in [0.1, 0.15) is 10.4 Å². The molecule has 0 fully saturated rings. The second-order valence-electron chi connectivity index (χ2n) is 4.77. The van der Waals surface area contributed by atoms with Crippen LogP contribution in [-0.4, -0.2) is 15.6 Å². The minimum atomic E-state index is -0.764. The molecule has 0 radical (unpaired) electrons. The molecule has 3 aromatic rings. The summed E-state index contributed by atoms with van der Waals surface area (Å²) in [4.78, 5) is 24.0. The predicted octanol–water partition coefficient (Wildman–Crippen LogP) is 3.18. The fourth-order valence-electron chi connectivity index (χ4n) is 2.00. The zero-order valence-corrected chi connectivity index (χ0v) is 12.5. The molecule has 0 saturated heterocycles. The van der Waals surface area contributed by atoms with E-state index >= 15 is 0 Å². The third-order valence-corrected chi connectivity index (χ3v) is 3.37. The number of rotatable bonds is 4. The van der Waals surface area contributed by atoms with Crippen molar-refractivity contribution in [2.75, 3.05) is 0 Å². The SMILES string of the molecule is O=C(Cn1nc(-c2ccc(F)cc2)oc1=O)c1cccc(Cl)c1. The molecule has 23 heavy (non-hydrogen) atoms. The molecule has 1 aromatic heterocycles. The van der Waals surface area contributed by atoms with Crippen molar-refractivity contribution in [2.24, 2.45) is 0 Å². The molecule has 0 spiro atoms. The lowest BCUT2D eigenvalue weighted by molar-refractivity contribution is 0.0965. The molecule has 7 heteroatoms. The maximum atomic E-state index is 12.9. The quantitative estimate of drug-likeness (QED) is 0.688. The van der Waals surface area contributed by atoms with Crippen LogP contribution in [0.15, 0.2) is 57.7 Å². The first-order valence-electron chi connectivity index (χ1n) is 6.65. The molecule has 2 aromatic carbocycles. The highest BCUT2D eigenvalue weighted by Gasteiger charge is 2.14. The average Bonchev–Trinajstić information content (AvgIpc) is 2.89. The van der Waals surface area contributed by atoms with E-state index < -0.39 is 11.6 Å². The van der Waals surface area contributed by atoms with E-state index in [1.54, 1.807) is 18.2 Å². The highest BCUT2D eigenvalue weighted by Crippen LogP contribution is 2.16. The highest BCUT2D eigenvalue weighted by molar-refractivity contribution is 6.31. The van der Waals surface area contributed by atoms with Crippen molar-refractivity contribution < 1.29 is 13.6 Å². The van der Waals surface area contributed by atoms with Crippen molar-refractivity contribution in [3.63, 3.8) is 0 Å². The number of carbonyl (C=O) groups is 1. The molecule has 3 rings (SSSR count). The van der Waals surface area contributed by atoms with Gasteiger partial charge in [0.15, 0.2) is 5.78 Å². The van der Waals surface area contributed by atoms with E-state index in [2.05, 4.69) is 5.10 Å². The molecule has 0 aliphatic carbocycles. The van der Waals surface area contributed by atoms with Gasteiger partial charge in [0.2, 0.25) is 5.89 Å². The topological polar surface area (TPSA) is 65.1 Å². The Hall–Kier alpha value is -2.73. The minimum Gasteiger partial charge on any atom is -0.388 e. The van der Waals surface area contributed by atoms with Gasteiger partial charge in [-0.1, -0.05) is 23.7 Å². The van der Waals surface area contributed by atoms with Crippen LogP contribution in [0.4, 0.5) is 4.39 Å². The Morgan fingerprint density at radius 3 is 2.65 bits per heavy atom. The Morgan fingerprint density at radius 1 is 1.22 bits per heavy atom. The van der Waals surface area contributed by atoms with E-state index in [1.165, 1.54) is 30.3 Å². The maximum absolute atomic E-state index is 12.9. The van der Waals surface area contributed by atoms with Gasteiger partial charge in [-0.05, 0) is 36.4 Å². The smallest absolute Gasteiger partial charge is 0.388 e. The van der Waals surface area contributed by atoms with E-state index in [-0.39, 0.29) is 18.2 Å². The maximum Gasteiger partial charge on any atom is 0.437 e. The normalized spacial score (nSPS) is 10.7. The molecular formula is C16H10ClFN2O3. The first-order valence-corrected chi connectivity index (χ1v) is 7.03. The Morgan fingerprint density at radius 2 is 1.96 bits per heavy atom. The van der Waals surface area contributed by atoms with E-state index in [4.69, 9.17) is 16.0 Å². The largest absolute Gasteiger partial charge is 0.437 e. The lowest BCUT2D eigenvalue weighted by Gasteiger charge is -2.00. The van der Waals surface area contributed by atoms with Crippen LogP contribution >= 0.6 is 11.6 Å². The summed E-state index contributed by atoms with van der Waals surface area (Å²) in [7, 11) is 0. The number of benzene rings is 2. The molecule has 0 saturated carbocycles. The Bertz CT molecular complexity index is 916. The van der Waals surface area contributed by atoms with Crippen LogP contribution in [0.3, 0.4) is 0 Å². The number of ketones is 1. The molecule has 0 N–H and O–H groups in total. The number of halogens is 2. The molecule has 5 nitrogen and oxygen atoms in total. The summed E-state index contributed by atoms with van der Waals surface area (Å²) in [5.41, 5.74) is 0.813. The number of Topliss-reactive ketones (excluding diaryl/α,β-unsaturated/α-hetero) is 1. The fraction of sp³-hybridized carbons (Fsp3) is 0.0625. The van der Waals surface area contributed by atoms with Gasteiger partial charge in [-0.15, -0.1) is 5.10 Å². The summed E-state index contributed by atoms with van der Waals surface area (Å²) in [6, 6.07) is 11.7. The van der Waals surface area contributed by atoms with Crippen LogP contribution in [0.5, 0.6) is 0 Å². The van der Waals surface area contributed by atoms with Gasteiger partial charge in [0.1, 0.15) is 12.4 Å². The van der Waals surface area contributed by atoms with Gasteiger partial charge in [-0.3, -0.25) is 4.79 Å². The molecule has 0 unspecified atom stereocenters. The van der Waals surface area contributed by atoms with Crippen molar-refractivity contribution in [2.45, 2.75) is 6.54 Å². The predicted molar refractivity (Wildman–Crippen MR) is 81.9 cm³/mol. The molecule has 0 bridgehead atoms. The Kier molecular flexibility index (Phi) is 4.08. The molecule has 0 amide bonds. The zero-order chi connectivity index (χ0) is 16.4. The van der Waals surface area contributed by atoms with E-state index in [1.807, 2.05) is 0 Å². The van der Waals surface area contributed by atoms with E-state index in [0.29, 0.717) is 16.1 Å². The molecule has 116 valence electrons. The van der Waals surface area contributed by atoms with Gasteiger partial charge in [0.05, 0.1) is 0 Å². The fourth-order valence-corrected chi connectivity index (χ4v) is 2.19. The molecular weight excluding hydrogens is 323 g/mol. The van der Waals surface area contributed by atoms with Gasteiger partial charge < -0.3 is 4.42 Å². The lowest BCUT2D eigenvalue weighted by atomic mass is 10.1. The first kappa shape index (κ1) is 15.2. The van der Waals surface area contributed by atoms with E-state index in [0.717, 1.165) is 4.68 Å². The van der Waals surface area contributed by atoms with Gasteiger partial charge >= 0.3 is 5.76 Å². The van der Waals surface area contributed by atoms with Crippen LogP contribution < -0.4 is 5.76 Å². The summed E-state index contributed by atoms with van der Waals surface area (Å²) in [5.74, 6) is -1.48. The summed E-state index contributed by atoms with van der Waals surface area (Å²) in [5, 5.41) is 4.39. The standard InChI is InChI=1S/C16H10ClFN2O3/c17-12-3-1-2-11(8-12)14(21)9-20-16(22)23-15(19-20)10-4-6-13(18)7-5-10/h1-8H,9H2. The van der Waals surface area contributed by atoms with Crippen LogP contribution in [0.25, 0.3) is 11.5 Å². The third kappa shape index (κ3) is 3.37. The number of aromatic nitrogens is 2. The van der Waals surface area contributed by atoms with Crippen molar-refractivity contribution >= 4 is 17.4 Å². The molecule has 0 aliphatic heterocycles. The lowest BCUT2D eigenvalue weighted by Crippen LogP contribution is -2.21. The van der Waals surface area contributed by atoms with Gasteiger partial charge in [0.25, 0.3) is 0 Å². The van der Waals surface area contributed by atoms with Crippen LogP contribution in [-0.2, 0) is 6.54 Å². The van der Waals surface area contributed by atoms with Gasteiger partial charge in [-0.2, -0.15) is 4.68 Å². The molecule has 0 atom stereocenters. The zero-order valence-electron chi connectivity index (χ0n) is 11.7. The van der Waals surface area contributed by atoms with Gasteiger partial charge in [-0.25, -0.2) is 9.18 Å². The third-order valence-electron chi connectivity index (χ3n) is 3.14. The molecule has 1 heterocycles. The number of carbonyl (C=O) groups excluding carboxylic acids is 1. The van der Waals surface area contributed by atoms with E-state index in [9.17, 15) is 14.0 Å². The van der Waals surface area contributed by atoms with Crippen molar-refractivity contribution in [1.82, 2.24) is 9.78 Å². The van der Waals surface area contributed by atoms with Crippen LogP contribution in [0, 0.1) is 5.82 Å². The van der Waals surface area contributed by atoms with Crippen molar-refractivity contribution in [1.29, 1.82) is 0 Å². The van der Waals surface area contributed by atoms with Crippen molar-refractivity contribution in [3.05, 3.63) is 75.5 Å². The number of hydrogen-bond donors (Lipinski definition) is 0. The highest BCUT2D eigenvalue weighted by atomic mass is 35.5. The average molecular weight is 333 g/mol. The summed E-state index contributed by atoms with van der Waals surface area (Å²) in [6.07, 6.45) is 0. The number of nitrogens with zero attached hydrogens (tertiary/aromatic N) is 2. The summed E-state index contributed by atoms with van der Waals surface area (Å²) >= 11 is 5.83. The first-order chi connectivity index (χ1) is 11.0. The Balaban J connectivity index is 1.85. The van der Waals surface area contributed by atoms with Gasteiger partial charge in [0, 0.05) is 16.1 Å². The monoisotopic (exact) mass is 332 g/mol. The summed E-state index contributed by atoms with van der Waals surface area (Å²) < 4.78 is 18.8. The second-order valence-corrected chi connectivity index (χ2v) is 5.21. The van der Waals surface area contributed by atoms with Crippen LogP contribution in [0.2, 0.25) is 5.02 Å². The second kappa shape index (κ2) is 6.18. The number of hydrogen-bond acceptors (Lipinski definition) is 4.